The van der Waals surface area contributed by atoms with Crippen LogP contribution in [0, 0.1) is 0 Å². The molecule has 218 valence electrons. The maximum Gasteiger partial charge on any atom is 0.326 e. The van der Waals surface area contributed by atoms with Gasteiger partial charge < -0.3 is 31.7 Å². The minimum Gasteiger partial charge on any atom is -0.480 e. The van der Waals surface area contributed by atoms with E-state index in [2.05, 4.69) is 20.2 Å². The Kier molecular flexibility index (Phi) is 11.4. The highest BCUT2D eigenvalue weighted by Gasteiger charge is 2.26. The Bertz CT molecular complexity index is 1220. The first-order valence-corrected chi connectivity index (χ1v) is 13.6. The monoisotopic (exact) mass is 561 g/mol. The van der Waals surface area contributed by atoms with Crippen LogP contribution in [0.2, 0.25) is 0 Å². The first kappa shape index (κ1) is 30.9. The Morgan fingerprint density at radius 1 is 0.951 bits per heavy atom. The molecule has 0 saturated carbocycles. The number of nitrogen functional groups attached to an aromatic ring is 2. The number of aliphatic carboxylic acids is 1. The van der Waals surface area contributed by atoms with Gasteiger partial charge in [-0.25, -0.2) is 4.79 Å². The molecular weight excluding hydrogens is 522 g/mol. The molecule has 11 heteroatoms. The van der Waals surface area contributed by atoms with Crippen molar-refractivity contribution in [3.05, 3.63) is 77.9 Å². The number of piperidine rings is 1. The number of anilines is 3. The molecule has 0 unspecified atom stereocenters. The Morgan fingerprint density at radius 3 is 1.93 bits per heavy atom. The third-order valence-corrected chi connectivity index (χ3v) is 6.68. The van der Waals surface area contributed by atoms with Crippen LogP contribution in [0.1, 0.15) is 49.1 Å². The molecule has 41 heavy (non-hydrogen) atoms. The van der Waals surface area contributed by atoms with E-state index >= 15 is 0 Å². The normalized spacial score (nSPS) is 16.0. The smallest absolute Gasteiger partial charge is 0.326 e. The van der Waals surface area contributed by atoms with Crippen molar-refractivity contribution in [1.82, 2.24) is 20.2 Å². The lowest BCUT2D eigenvalue weighted by molar-refractivity contribution is -0.140. The average Bonchev–Trinajstić information content (AvgIpc) is 3.42. The fraction of sp³-hybridized carbons (Fsp3) is 0.367. The Morgan fingerprint density at radius 2 is 1.51 bits per heavy atom. The van der Waals surface area contributed by atoms with E-state index in [0.29, 0.717) is 18.7 Å². The van der Waals surface area contributed by atoms with Gasteiger partial charge >= 0.3 is 5.97 Å². The Balaban J connectivity index is 0.000000179. The second-order valence-electron chi connectivity index (χ2n) is 10.0. The maximum absolute atomic E-state index is 12.4. The number of hydrogen-bond donors (Lipinski definition) is 4. The predicted molar refractivity (Wildman–Crippen MR) is 159 cm³/mol. The third kappa shape index (κ3) is 9.48. The summed E-state index contributed by atoms with van der Waals surface area (Å²) in [7, 11) is 3.59. The molecule has 0 aliphatic carbocycles. The van der Waals surface area contributed by atoms with Gasteiger partial charge in [0, 0.05) is 39.7 Å². The second kappa shape index (κ2) is 15.2. The van der Waals surface area contributed by atoms with Crippen molar-refractivity contribution in [2.75, 3.05) is 43.6 Å². The SMILES string of the molecule is CN(C)C(=O)C(c1ccccc1)c1ccccc1.Nc1cc(N2CCCCC2)nc(N)n1.O=C1CC[C@@H](C(=O)O)N1. The maximum atomic E-state index is 12.4. The number of carbonyl (C=O) groups is 3. The molecule has 2 saturated heterocycles. The number of carbonyl (C=O) groups excluding carboxylic acids is 2. The topological polar surface area (TPSA) is 168 Å². The summed E-state index contributed by atoms with van der Waals surface area (Å²) in [4.78, 5) is 44.8. The molecule has 2 aliphatic rings. The number of amides is 2. The summed E-state index contributed by atoms with van der Waals surface area (Å²) >= 11 is 0. The molecule has 5 rings (SSSR count). The van der Waals surface area contributed by atoms with Gasteiger partial charge in [0.25, 0.3) is 0 Å². The van der Waals surface area contributed by atoms with Crippen LogP contribution in [0.5, 0.6) is 0 Å². The molecule has 0 bridgehead atoms. The van der Waals surface area contributed by atoms with E-state index in [1.54, 1.807) is 25.1 Å². The molecule has 1 aromatic heterocycles. The highest BCUT2D eigenvalue weighted by molar-refractivity contribution is 5.87. The van der Waals surface area contributed by atoms with E-state index in [0.717, 1.165) is 30.0 Å². The van der Waals surface area contributed by atoms with Gasteiger partial charge in [0.15, 0.2) is 0 Å². The molecule has 2 aromatic carbocycles. The van der Waals surface area contributed by atoms with Gasteiger partial charge in [-0.3, -0.25) is 9.59 Å². The summed E-state index contributed by atoms with van der Waals surface area (Å²) in [5.74, 6) is 0.330. The van der Waals surface area contributed by atoms with E-state index in [9.17, 15) is 14.4 Å². The van der Waals surface area contributed by atoms with E-state index in [4.69, 9.17) is 16.6 Å². The summed E-state index contributed by atoms with van der Waals surface area (Å²) in [6.07, 6.45) is 4.49. The predicted octanol–water partition coefficient (Wildman–Crippen LogP) is 2.89. The van der Waals surface area contributed by atoms with Crippen LogP contribution in [-0.4, -0.2) is 71.0 Å². The van der Waals surface area contributed by atoms with Gasteiger partial charge in [-0.2, -0.15) is 9.97 Å². The summed E-state index contributed by atoms with van der Waals surface area (Å²) in [6, 6.07) is 20.9. The molecule has 11 nitrogen and oxygen atoms in total. The fourth-order valence-corrected chi connectivity index (χ4v) is 4.58. The highest BCUT2D eigenvalue weighted by atomic mass is 16.4. The van der Waals surface area contributed by atoms with E-state index < -0.39 is 12.0 Å². The number of aromatic nitrogens is 2. The van der Waals surface area contributed by atoms with Crippen LogP contribution in [0.3, 0.4) is 0 Å². The van der Waals surface area contributed by atoms with Crippen molar-refractivity contribution < 1.29 is 19.5 Å². The van der Waals surface area contributed by atoms with Crippen molar-refractivity contribution >= 4 is 35.4 Å². The number of nitrogens with zero attached hydrogens (tertiary/aromatic N) is 4. The van der Waals surface area contributed by atoms with E-state index in [1.807, 2.05) is 60.7 Å². The first-order chi connectivity index (χ1) is 19.7. The number of rotatable bonds is 5. The lowest BCUT2D eigenvalue weighted by atomic mass is 9.90. The van der Waals surface area contributed by atoms with Crippen molar-refractivity contribution in [1.29, 1.82) is 0 Å². The van der Waals surface area contributed by atoms with Crippen molar-refractivity contribution in [3.8, 4) is 0 Å². The Labute approximate surface area is 240 Å². The van der Waals surface area contributed by atoms with Crippen LogP contribution in [0.15, 0.2) is 66.7 Å². The van der Waals surface area contributed by atoms with Gasteiger partial charge in [0.2, 0.25) is 17.8 Å². The standard InChI is InChI=1S/C16H17NO.C9H15N5.C5H7NO3/c1-17(2)16(18)15(13-9-5-3-6-10-13)14-11-7-4-8-12-14;10-7-6-8(13-9(11)12-7)14-4-2-1-3-5-14;7-4-2-1-3(6-4)5(8)9/h3-12,15H,1-2H3;6H,1-5H2,(H4,10,11,12,13);3H,1-2H2,(H,6,7)(H,8,9)/t;;3-/m..0/s1. The van der Waals surface area contributed by atoms with Crippen LogP contribution in [0.25, 0.3) is 0 Å². The molecule has 0 spiro atoms. The zero-order chi connectivity index (χ0) is 29.8. The minimum atomic E-state index is -0.944. The van der Waals surface area contributed by atoms with Crippen LogP contribution in [-0.2, 0) is 14.4 Å². The molecule has 2 fully saturated rings. The summed E-state index contributed by atoms with van der Waals surface area (Å²) in [6.45, 7) is 2.08. The number of nitrogens with two attached hydrogens (primary N) is 2. The van der Waals surface area contributed by atoms with Gasteiger partial charge in [-0.05, 0) is 36.8 Å². The number of carboxylic acid groups (broad SMARTS) is 1. The van der Waals surface area contributed by atoms with Crippen molar-refractivity contribution in [2.24, 2.45) is 0 Å². The van der Waals surface area contributed by atoms with Gasteiger partial charge in [0.05, 0.1) is 5.92 Å². The molecule has 2 aliphatic heterocycles. The number of hydrogen-bond acceptors (Lipinski definition) is 8. The zero-order valence-electron chi connectivity index (χ0n) is 23.6. The summed E-state index contributed by atoms with van der Waals surface area (Å²) < 4.78 is 0. The molecule has 3 aromatic rings. The molecule has 6 N–H and O–H groups in total. The number of nitrogens with one attached hydrogen (secondary N) is 1. The van der Waals surface area contributed by atoms with E-state index in [-0.39, 0.29) is 23.7 Å². The minimum absolute atomic E-state index is 0.104. The summed E-state index contributed by atoms with van der Waals surface area (Å²) in [5, 5.41) is 10.6. The second-order valence-corrected chi connectivity index (χ2v) is 10.0. The number of likely N-dealkylation sites (N-methyl/N-ethyl adjacent to an activating group) is 1. The van der Waals surface area contributed by atoms with Crippen molar-refractivity contribution in [2.45, 2.75) is 44.1 Å². The van der Waals surface area contributed by atoms with Crippen LogP contribution in [0.4, 0.5) is 17.6 Å². The fourth-order valence-electron chi connectivity index (χ4n) is 4.58. The highest BCUT2D eigenvalue weighted by Crippen LogP contribution is 2.26. The number of carboxylic acids is 1. The van der Waals surface area contributed by atoms with E-state index in [1.165, 1.54) is 19.3 Å². The quantitative estimate of drug-likeness (QED) is 0.366. The zero-order valence-corrected chi connectivity index (χ0v) is 23.6. The molecular formula is C30H39N7O4. The average molecular weight is 562 g/mol. The summed E-state index contributed by atoms with van der Waals surface area (Å²) in [5.41, 5.74) is 13.2. The first-order valence-electron chi connectivity index (χ1n) is 13.6. The lowest BCUT2D eigenvalue weighted by Gasteiger charge is -2.27. The molecule has 0 radical (unpaired) electrons. The van der Waals surface area contributed by atoms with Crippen LogP contribution >= 0.6 is 0 Å². The van der Waals surface area contributed by atoms with Crippen LogP contribution < -0.4 is 21.7 Å². The molecule has 1 atom stereocenters. The third-order valence-electron chi connectivity index (χ3n) is 6.68. The Hall–Kier alpha value is -4.67. The van der Waals surface area contributed by atoms with Gasteiger partial charge in [-0.1, -0.05) is 60.7 Å². The number of benzene rings is 2. The molecule has 3 heterocycles. The van der Waals surface area contributed by atoms with Gasteiger partial charge in [-0.15, -0.1) is 0 Å². The molecule has 2 amide bonds. The van der Waals surface area contributed by atoms with Crippen molar-refractivity contribution in [3.63, 3.8) is 0 Å². The lowest BCUT2D eigenvalue weighted by Crippen LogP contribution is -2.32. The van der Waals surface area contributed by atoms with Gasteiger partial charge in [0.1, 0.15) is 17.7 Å². The largest absolute Gasteiger partial charge is 0.480 e.